The van der Waals surface area contributed by atoms with Gasteiger partial charge < -0.3 is 20.9 Å². The summed E-state index contributed by atoms with van der Waals surface area (Å²) in [6.07, 6.45) is 1.23. The van der Waals surface area contributed by atoms with Crippen LogP contribution >= 0.6 is 0 Å². The largest absolute Gasteiger partial charge is 0.503 e. The van der Waals surface area contributed by atoms with Crippen LogP contribution in [0.1, 0.15) is 18.9 Å². The van der Waals surface area contributed by atoms with E-state index in [1.807, 2.05) is 42.6 Å². The van der Waals surface area contributed by atoms with E-state index in [2.05, 4.69) is 0 Å². The number of rotatable bonds is 5. The minimum absolute atomic E-state index is 0.119. The first kappa shape index (κ1) is 20.9. The summed E-state index contributed by atoms with van der Waals surface area (Å²) >= 11 is 0. The normalized spacial score (nSPS) is 9.65. The van der Waals surface area contributed by atoms with Crippen LogP contribution in [-0.4, -0.2) is 23.7 Å². The number of esters is 1. The summed E-state index contributed by atoms with van der Waals surface area (Å²) in [4.78, 5) is 21.3. The highest BCUT2D eigenvalue weighted by atomic mass is 19.2. The number of carbonyl (C=O) groups excluding carboxylic acids is 2. The van der Waals surface area contributed by atoms with Crippen molar-refractivity contribution in [3.8, 4) is 5.75 Å². The van der Waals surface area contributed by atoms with Gasteiger partial charge >= 0.3 is 12.0 Å². The van der Waals surface area contributed by atoms with Gasteiger partial charge in [-0.15, -0.1) is 0 Å². The summed E-state index contributed by atoms with van der Waals surface area (Å²) < 4.78 is 29.9. The average Bonchev–Trinajstić information content (AvgIpc) is 2.62. The molecule has 2 rings (SSSR count). The molecule has 0 fully saturated rings. The Morgan fingerprint density at radius 2 is 1.81 bits per heavy atom. The highest BCUT2D eigenvalue weighted by Crippen LogP contribution is 2.27. The molecule has 2 amide bonds. The molecule has 0 unspecified atom stereocenters. The number of aryl methyl sites for hydroxylation is 1. The number of primary amides is 1. The molecule has 6 nitrogen and oxygen atoms in total. The molecule has 0 radical (unpaired) electrons. The standard InChI is InChI=1S/C11H14O2.C7H6F2N2O2/c1-2-13-11(12)9-8-10-6-4-3-5-7-10;8-3-1-2-4(11-7(10)13)6(12)5(3)9/h3-7H,2,8-9H2,1H3;1-2,12H,(H3,10,11,13). The Bertz CT molecular complexity index is 739. The zero-order valence-electron chi connectivity index (χ0n) is 14.2. The van der Waals surface area contributed by atoms with E-state index >= 15 is 0 Å². The number of nitrogens with one attached hydrogen (secondary N) is 1. The van der Waals surface area contributed by atoms with Crippen molar-refractivity contribution in [1.29, 1.82) is 0 Å². The van der Waals surface area contributed by atoms with Crippen LogP contribution in [0.15, 0.2) is 42.5 Å². The second kappa shape index (κ2) is 10.7. The van der Waals surface area contributed by atoms with Crippen LogP contribution in [-0.2, 0) is 16.0 Å². The number of aromatic hydroxyl groups is 1. The lowest BCUT2D eigenvalue weighted by Gasteiger charge is -2.04. The molecule has 0 bridgehead atoms. The minimum atomic E-state index is -1.42. The monoisotopic (exact) mass is 366 g/mol. The molecule has 0 atom stereocenters. The minimum Gasteiger partial charge on any atom is -0.503 e. The van der Waals surface area contributed by atoms with E-state index in [1.165, 1.54) is 5.56 Å². The summed E-state index contributed by atoms with van der Waals surface area (Å²) in [5.74, 6) is -3.72. The molecular weight excluding hydrogens is 346 g/mol. The molecule has 140 valence electrons. The first-order valence-corrected chi connectivity index (χ1v) is 7.78. The molecule has 0 saturated heterocycles. The van der Waals surface area contributed by atoms with Crippen molar-refractivity contribution in [3.63, 3.8) is 0 Å². The molecule has 8 heteroatoms. The van der Waals surface area contributed by atoms with Gasteiger partial charge in [0.05, 0.1) is 12.3 Å². The number of urea groups is 1. The quantitative estimate of drug-likeness (QED) is 0.558. The van der Waals surface area contributed by atoms with Crippen molar-refractivity contribution < 1.29 is 28.2 Å². The third-order valence-electron chi connectivity index (χ3n) is 3.09. The number of ether oxygens (including phenoxy) is 1. The Balaban J connectivity index is 0.000000260. The molecule has 2 aromatic carbocycles. The van der Waals surface area contributed by atoms with Gasteiger partial charge in [0.25, 0.3) is 0 Å². The zero-order valence-corrected chi connectivity index (χ0v) is 14.2. The summed E-state index contributed by atoms with van der Waals surface area (Å²) in [5.41, 5.74) is 5.61. The second-order valence-electron chi connectivity index (χ2n) is 5.04. The van der Waals surface area contributed by atoms with E-state index in [0.717, 1.165) is 18.6 Å². The Morgan fingerprint density at radius 1 is 1.15 bits per heavy atom. The fourth-order valence-electron chi connectivity index (χ4n) is 1.90. The fraction of sp³-hybridized carbons (Fsp3) is 0.222. The molecule has 26 heavy (non-hydrogen) atoms. The molecule has 0 aliphatic heterocycles. The number of hydrogen-bond acceptors (Lipinski definition) is 4. The van der Waals surface area contributed by atoms with Gasteiger partial charge in [0.2, 0.25) is 5.82 Å². The van der Waals surface area contributed by atoms with Gasteiger partial charge in [-0.2, -0.15) is 4.39 Å². The predicted octanol–water partition coefficient (Wildman–Crippen LogP) is 3.34. The molecule has 4 N–H and O–H groups in total. The van der Waals surface area contributed by atoms with E-state index in [0.29, 0.717) is 13.0 Å². The Morgan fingerprint density at radius 3 is 2.38 bits per heavy atom. The number of benzene rings is 2. The van der Waals surface area contributed by atoms with Gasteiger partial charge in [0.1, 0.15) is 0 Å². The number of anilines is 1. The van der Waals surface area contributed by atoms with Crippen LogP contribution in [0, 0.1) is 11.6 Å². The zero-order chi connectivity index (χ0) is 19.5. The van der Waals surface area contributed by atoms with Gasteiger partial charge in [-0.25, -0.2) is 9.18 Å². The van der Waals surface area contributed by atoms with E-state index in [9.17, 15) is 18.4 Å². The van der Waals surface area contributed by atoms with E-state index in [4.69, 9.17) is 15.6 Å². The van der Waals surface area contributed by atoms with Gasteiger partial charge in [-0.1, -0.05) is 30.3 Å². The number of hydrogen-bond donors (Lipinski definition) is 3. The van der Waals surface area contributed by atoms with Gasteiger partial charge in [-0.05, 0) is 31.0 Å². The van der Waals surface area contributed by atoms with Crippen molar-refractivity contribution in [3.05, 3.63) is 59.7 Å². The van der Waals surface area contributed by atoms with Crippen molar-refractivity contribution in [2.75, 3.05) is 11.9 Å². The molecule has 0 spiro atoms. The SMILES string of the molecule is CCOC(=O)CCc1ccccc1.NC(=O)Nc1ccc(F)c(F)c1O. The predicted molar refractivity (Wildman–Crippen MR) is 92.6 cm³/mol. The molecule has 0 saturated carbocycles. The van der Waals surface area contributed by atoms with Gasteiger partial charge in [-0.3, -0.25) is 4.79 Å². The van der Waals surface area contributed by atoms with Crippen LogP contribution in [0.25, 0.3) is 0 Å². The number of halogens is 2. The highest BCUT2D eigenvalue weighted by molar-refractivity contribution is 5.89. The number of amides is 2. The van der Waals surface area contributed by atoms with Crippen molar-refractivity contribution >= 4 is 17.7 Å². The van der Waals surface area contributed by atoms with E-state index < -0.39 is 23.4 Å². The van der Waals surface area contributed by atoms with Crippen LogP contribution in [0.2, 0.25) is 0 Å². The summed E-state index contributed by atoms with van der Waals surface area (Å²) in [6, 6.07) is 10.7. The molecule has 0 aliphatic rings. The third kappa shape index (κ3) is 7.16. The maximum absolute atomic E-state index is 12.6. The van der Waals surface area contributed by atoms with Crippen molar-refractivity contribution in [2.24, 2.45) is 5.73 Å². The smallest absolute Gasteiger partial charge is 0.316 e. The lowest BCUT2D eigenvalue weighted by Crippen LogP contribution is -2.19. The Kier molecular flexibility index (Phi) is 8.56. The van der Waals surface area contributed by atoms with Gasteiger partial charge in [0.15, 0.2) is 11.6 Å². The molecule has 0 aromatic heterocycles. The van der Waals surface area contributed by atoms with Crippen LogP contribution in [0.3, 0.4) is 0 Å². The lowest BCUT2D eigenvalue weighted by atomic mass is 10.1. The maximum atomic E-state index is 12.6. The number of carbonyl (C=O) groups is 2. The van der Waals surface area contributed by atoms with Gasteiger partial charge in [0, 0.05) is 6.42 Å². The Hall–Kier alpha value is -3.16. The third-order valence-corrected chi connectivity index (χ3v) is 3.09. The topological polar surface area (TPSA) is 102 Å². The summed E-state index contributed by atoms with van der Waals surface area (Å²) in [6.45, 7) is 2.29. The first-order chi connectivity index (χ1) is 12.3. The molecule has 2 aromatic rings. The van der Waals surface area contributed by atoms with Crippen LogP contribution < -0.4 is 11.1 Å². The lowest BCUT2D eigenvalue weighted by molar-refractivity contribution is -0.143. The summed E-state index contributed by atoms with van der Waals surface area (Å²) in [7, 11) is 0. The Labute approximate surface area is 149 Å². The van der Waals surface area contributed by atoms with E-state index in [1.54, 1.807) is 0 Å². The van der Waals surface area contributed by atoms with E-state index in [-0.39, 0.29) is 11.7 Å². The maximum Gasteiger partial charge on any atom is 0.316 e. The second-order valence-corrected chi connectivity index (χ2v) is 5.04. The number of phenolic OH excluding ortho intramolecular Hbond substituents is 1. The summed E-state index contributed by atoms with van der Waals surface area (Å²) in [5, 5.41) is 10.9. The first-order valence-electron chi connectivity index (χ1n) is 7.78. The average molecular weight is 366 g/mol. The van der Waals surface area contributed by atoms with Crippen LogP contribution in [0.5, 0.6) is 5.75 Å². The molecule has 0 heterocycles. The highest BCUT2D eigenvalue weighted by Gasteiger charge is 2.12. The molecular formula is C18H20F2N2O4. The number of nitrogens with two attached hydrogens (primary N) is 1. The van der Waals surface area contributed by atoms with Crippen LogP contribution in [0.4, 0.5) is 19.3 Å². The van der Waals surface area contributed by atoms with Crippen molar-refractivity contribution in [2.45, 2.75) is 19.8 Å². The number of phenols is 1. The fourth-order valence-corrected chi connectivity index (χ4v) is 1.90. The van der Waals surface area contributed by atoms with Crippen molar-refractivity contribution in [1.82, 2.24) is 0 Å². The molecule has 0 aliphatic carbocycles.